The van der Waals surface area contributed by atoms with Crippen LogP contribution in [0, 0.1) is 0 Å². The first kappa shape index (κ1) is 11.5. The lowest BCUT2D eigenvalue weighted by atomic mass is 9.93. The zero-order valence-corrected chi connectivity index (χ0v) is 10.9. The Balaban J connectivity index is 1.86. The SMILES string of the molecule is NC1CCCc2c1ccn2C1CCS(=O)CC1. The minimum Gasteiger partial charge on any atom is -0.348 e. The first-order chi connectivity index (χ1) is 8.25. The third-order valence-corrected chi connectivity index (χ3v) is 5.52. The Hall–Kier alpha value is -0.610. The topological polar surface area (TPSA) is 48.0 Å². The number of hydrogen-bond donors (Lipinski definition) is 1. The molecular weight excluding hydrogens is 232 g/mol. The van der Waals surface area contributed by atoms with Crippen molar-refractivity contribution in [2.45, 2.75) is 44.2 Å². The molecule has 17 heavy (non-hydrogen) atoms. The summed E-state index contributed by atoms with van der Waals surface area (Å²) in [5.74, 6) is 1.73. The normalized spacial score (nSPS) is 33.4. The highest BCUT2D eigenvalue weighted by Gasteiger charge is 2.25. The van der Waals surface area contributed by atoms with Crippen molar-refractivity contribution in [2.24, 2.45) is 5.73 Å². The Morgan fingerprint density at radius 3 is 2.82 bits per heavy atom. The summed E-state index contributed by atoms with van der Waals surface area (Å²) in [7, 11) is -0.569. The average Bonchev–Trinajstić information content (AvgIpc) is 2.75. The number of nitrogens with two attached hydrogens (primary N) is 1. The lowest BCUT2D eigenvalue weighted by Crippen LogP contribution is -2.24. The average molecular weight is 252 g/mol. The number of hydrogen-bond acceptors (Lipinski definition) is 2. The van der Waals surface area contributed by atoms with Crippen molar-refractivity contribution >= 4 is 10.8 Å². The van der Waals surface area contributed by atoms with Gasteiger partial charge < -0.3 is 10.3 Å². The summed E-state index contributed by atoms with van der Waals surface area (Å²) in [6, 6.07) is 2.99. The molecule has 94 valence electrons. The minimum atomic E-state index is -0.569. The van der Waals surface area contributed by atoms with Gasteiger partial charge in [-0.2, -0.15) is 0 Å². The van der Waals surface area contributed by atoms with Crippen molar-refractivity contribution in [1.82, 2.24) is 4.57 Å². The maximum Gasteiger partial charge on any atom is 0.0351 e. The van der Waals surface area contributed by atoms with E-state index in [4.69, 9.17) is 5.73 Å². The summed E-state index contributed by atoms with van der Waals surface area (Å²) >= 11 is 0. The number of nitrogens with zero attached hydrogens (tertiary/aromatic N) is 1. The van der Waals surface area contributed by atoms with Crippen LogP contribution in [-0.4, -0.2) is 20.3 Å². The van der Waals surface area contributed by atoms with Crippen molar-refractivity contribution in [3.8, 4) is 0 Å². The summed E-state index contributed by atoms with van der Waals surface area (Å²) in [5.41, 5.74) is 8.95. The Bertz CT molecular complexity index is 431. The number of rotatable bonds is 1. The molecule has 0 aromatic carbocycles. The lowest BCUT2D eigenvalue weighted by Gasteiger charge is -2.28. The summed E-state index contributed by atoms with van der Waals surface area (Å²) in [5, 5.41) is 0. The second-order valence-electron chi connectivity index (χ2n) is 5.20. The molecule has 2 heterocycles. The highest BCUT2D eigenvalue weighted by molar-refractivity contribution is 7.85. The largest absolute Gasteiger partial charge is 0.348 e. The summed E-state index contributed by atoms with van der Waals surface area (Å²) < 4.78 is 13.8. The van der Waals surface area contributed by atoms with Crippen LogP contribution in [0.1, 0.15) is 49.0 Å². The van der Waals surface area contributed by atoms with Crippen molar-refractivity contribution in [2.75, 3.05) is 11.5 Å². The second kappa shape index (κ2) is 4.58. The van der Waals surface area contributed by atoms with Gasteiger partial charge in [0, 0.05) is 46.3 Å². The molecule has 3 rings (SSSR count). The summed E-state index contributed by atoms with van der Waals surface area (Å²) in [6.45, 7) is 0. The summed E-state index contributed by atoms with van der Waals surface area (Å²) in [6.07, 6.45) is 7.80. The molecule has 4 heteroatoms. The van der Waals surface area contributed by atoms with Crippen molar-refractivity contribution in [1.29, 1.82) is 0 Å². The fourth-order valence-electron chi connectivity index (χ4n) is 3.15. The van der Waals surface area contributed by atoms with E-state index in [0.29, 0.717) is 6.04 Å². The van der Waals surface area contributed by atoms with Crippen LogP contribution in [-0.2, 0) is 17.2 Å². The second-order valence-corrected chi connectivity index (χ2v) is 6.90. The molecule has 0 saturated carbocycles. The Kier molecular flexibility index (Phi) is 3.09. The number of fused-ring (bicyclic) bond motifs is 1. The molecule has 1 unspecified atom stereocenters. The van der Waals surface area contributed by atoms with Gasteiger partial charge in [0.05, 0.1) is 0 Å². The third kappa shape index (κ3) is 2.08. The van der Waals surface area contributed by atoms with E-state index in [1.54, 1.807) is 0 Å². The van der Waals surface area contributed by atoms with Gasteiger partial charge in [-0.3, -0.25) is 4.21 Å². The van der Waals surface area contributed by atoms with E-state index in [9.17, 15) is 4.21 Å². The van der Waals surface area contributed by atoms with Gasteiger partial charge >= 0.3 is 0 Å². The molecule has 0 radical (unpaired) electrons. The summed E-state index contributed by atoms with van der Waals surface area (Å²) in [4.78, 5) is 0. The standard InChI is InChI=1S/C13H20N2OS/c14-12-2-1-3-13-11(12)4-7-15(13)10-5-8-17(16)9-6-10/h4,7,10,12H,1-3,5-6,8-9,14H2. The van der Waals surface area contributed by atoms with Gasteiger partial charge in [-0.1, -0.05) is 0 Å². The van der Waals surface area contributed by atoms with Gasteiger partial charge in [0.1, 0.15) is 0 Å². The smallest absolute Gasteiger partial charge is 0.0351 e. The molecule has 1 fully saturated rings. The molecule has 0 spiro atoms. The van der Waals surface area contributed by atoms with Crippen LogP contribution in [0.2, 0.25) is 0 Å². The molecule has 1 aromatic rings. The Morgan fingerprint density at radius 2 is 2.06 bits per heavy atom. The van der Waals surface area contributed by atoms with E-state index in [2.05, 4.69) is 16.8 Å². The molecule has 2 N–H and O–H groups in total. The molecule has 1 aliphatic heterocycles. The highest BCUT2D eigenvalue weighted by Crippen LogP contribution is 2.33. The van der Waals surface area contributed by atoms with Gasteiger partial charge in [0.2, 0.25) is 0 Å². The molecule has 1 aliphatic carbocycles. The van der Waals surface area contributed by atoms with Gasteiger partial charge in [-0.15, -0.1) is 0 Å². The Morgan fingerprint density at radius 1 is 1.29 bits per heavy atom. The molecule has 0 bridgehead atoms. The van der Waals surface area contributed by atoms with E-state index >= 15 is 0 Å². The van der Waals surface area contributed by atoms with Gasteiger partial charge in [0.15, 0.2) is 0 Å². The van der Waals surface area contributed by atoms with E-state index in [1.165, 1.54) is 17.7 Å². The van der Waals surface area contributed by atoms with E-state index in [1.807, 2.05) is 0 Å². The molecule has 3 nitrogen and oxygen atoms in total. The lowest BCUT2D eigenvalue weighted by molar-refractivity contribution is 0.436. The molecule has 1 atom stereocenters. The van der Waals surface area contributed by atoms with Crippen LogP contribution in [0.25, 0.3) is 0 Å². The van der Waals surface area contributed by atoms with Gasteiger partial charge in [0.25, 0.3) is 0 Å². The monoisotopic (exact) mass is 252 g/mol. The van der Waals surface area contributed by atoms with Gasteiger partial charge in [-0.25, -0.2) is 0 Å². The maximum atomic E-state index is 11.4. The van der Waals surface area contributed by atoms with Crippen molar-refractivity contribution < 1.29 is 4.21 Å². The zero-order chi connectivity index (χ0) is 11.8. The van der Waals surface area contributed by atoms with Crippen LogP contribution in [0.5, 0.6) is 0 Å². The van der Waals surface area contributed by atoms with Crippen LogP contribution < -0.4 is 5.73 Å². The van der Waals surface area contributed by atoms with Crippen LogP contribution in [0.15, 0.2) is 12.3 Å². The van der Waals surface area contributed by atoms with Crippen LogP contribution >= 0.6 is 0 Å². The predicted octanol–water partition coefficient (Wildman–Crippen LogP) is 1.91. The molecule has 0 amide bonds. The van der Waals surface area contributed by atoms with E-state index in [0.717, 1.165) is 37.2 Å². The van der Waals surface area contributed by atoms with E-state index in [-0.39, 0.29) is 6.04 Å². The van der Waals surface area contributed by atoms with Gasteiger partial charge in [-0.05, 0) is 43.7 Å². The number of aromatic nitrogens is 1. The molecular formula is C13H20N2OS. The first-order valence-corrected chi connectivity index (χ1v) is 8.04. The maximum absolute atomic E-state index is 11.4. The van der Waals surface area contributed by atoms with Crippen molar-refractivity contribution in [3.63, 3.8) is 0 Å². The highest BCUT2D eigenvalue weighted by atomic mass is 32.2. The third-order valence-electron chi connectivity index (χ3n) is 4.14. The zero-order valence-electron chi connectivity index (χ0n) is 10.1. The molecule has 1 saturated heterocycles. The minimum absolute atomic E-state index is 0.234. The fraction of sp³-hybridized carbons (Fsp3) is 0.692. The quantitative estimate of drug-likeness (QED) is 0.830. The Labute approximate surface area is 105 Å². The first-order valence-electron chi connectivity index (χ1n) is 6.56. The molecule has 2 aliphatic rings. The fourth-order valence-corrected chi connectivity index (χ4v) is 4.43. The van der Waals surface area contributed by atoms with Crippen molar-refractivity contribution in [3.05, 3.63) is 23.5 Å². The van der Waals surface area contributed by atoms with Crippen LogP contribution in [0.3, 0.4) is 0 Å². The van der Waals surface area contributed by atoms with Crippen LogP contribution in [0.4, 0.5) is 0 Å². The van der Waals surface area contributed by atoms with E-state index < -0.39 is 10.8 Å². The molecule has 1 aromatic heterocycles. The predicted molar refractivity (Wildman–Crippen MR) is 70.4 cm³/mol.